The van der Waals surface area contributed by atoms with Gasteiger partial charge in [0.25, 0.3) is 0 Å². The molecular formula is HClNa2O7S. The summed E-state index contributed by atoms with van der Waals surface area (Å²) < 4.78 is 58.1. The van der Waals surface area contributed by atoms with Crippen LogP contribution in [-0.4, -0.2) is 17.5 Å². The van der Waals surface area contributed by atoms with Gasteiger partial charge in [-0.15, -0.1) is 0 Å². The van der Waals surface area contributed by atoms with Gasteiger partial charge in [0.15, 0.2) is 0 Å². The van der Waals surface area contributed by atoms with Gasteiger partial charge in [-0.1, -0.05) is 0 Å². The van der Waals surface area contributed by atoms with Crippen molar-refractivity contribution in [3.05, 3.63) is 0 Å². The Balaban J connectivity index is -0.0000000383. The van der Waals surface area contributed by atoms with Gasteiger partial charge in [0, 0.05) is 0 Å². The molecule has 0 aromatic carbocycles. The van der Waals surface area contributed by atoms with E-state index in [1.807, 2.05) is 0 Å². The molecule has 0 amide bonds. The Morgan fingerprint density at radius 2 is 1.09 bits per heavy atom. The van der Waals surface area contributed by atoms with Crippen LogP contribution in [0.4, 0.5) is 0 Å². The van der Waals surface area contributed by atoms with Crippen molar-refractivity contribution >= 4 is 10.4 Å². The van der Waals surface area contributed by atoms with E-state index in [1.165, 1.54) is 0 Å². The Morgan fingerprint density at radius 3 is 1.09 bits per heavy atom. The van der Waals surface area contributed by atoms with Crippen molar-refractivity contribution in [3.8, 4) is 0 Å². The molecule has 0 bridgehead atoms. The zero-order valence-corrected chi connectivity index (χ0v) is 11.3. The van der Waals surface area contributed by atoms with Gasteiger partial charge in [0.05, 0.1) is 10.8 Å². The van der Waals surface area contributed by atoms with E-state index in [4.69, 9.17) is 31.5 Å². The number of hydrogen-bond donors (Lipinski definition) is 1. The van der Waals surface area contributed by atoms with Crippen LogP contribution in [0.3, 0.4) is 0 Å². The molecule has 0 saturated heterocycles. The summed E-state index contributed by atoms with van der Waals surface area (Å²) >= 11 is 0. The molecular weight excluding hydrogens is 225 g/mol. The standard InChI is InChI=1S/ClO3.2Na.H2O4S/c2-1(3)4;;;1-5(2,3)4/h;;;(H2,1,2,3,4)/q-1;2*+1;/p-1. The van der Waals surface area contributed by atoms with Gasteiger partial charge in [-0.3, -0.25) is 4.55 Å². The first kappa shape index (κ1) is 23.1. The van der Waals surface area contributed by atoms with Crippen LogP contribution in [0.5, 0.6) is 0 Å². The minimum atomic E-state index is -4.92. The smallest absolute Gasteiger partial charge is 0.726 e. The fourth-order valence-corrected chi connectivity index (χ4v) is 0. The average molecular weight is 227 g/mol. The molecule has 0 aliphatic heterocycles. The summed E-state index contributed by atoms with van der Waals surface area (Å²) in [4.78, 5) is 0. The second-order valence-corrected chi connectivity index (χ2v) is 1.85. The summed E-state index contributed by atoms with van der Waals surface area (Å²) in [5.41, 5.74) is 0. The van der Waals surface area contributed by atoms with E-state index in [1.54, 1.807) is 0 Å². The average Bonchev–Trinajstić information content (AvgIpc) is 1.19. The van der Waals surface area contributed by atoms with Crippen LogP contribution in [-0.2, 0) is 10.4 Å². The van der Waals surface area contributed by atoms with Crippen LogP contribution in [0.25, 0.3) is 0 Å². The van der Waals surface area contributed by atoms with Crippen LogP contribution in [0.15, 0.2) is 0 Å². The van der Waals surface area contributed by atoms with Crippen LogP contribution >= 0.6 is 0 Å². The molecule has 0 atom stereocenters. The molecule has 0 aromatic heterocycles. The molecule has 1 N–H and O–H groups in total. The molecule has 7 nitrogen and oxygen atoms in total. The molecule has 0 heterocycles. The fraction of sp³-hybridized carbons (Fsp3) is 0. The molecule has 0 aliphatic rings. The predicted molar refractivity (Wildman–Crippen MR) is 12.3 cm³/mol. The molecule has 0 aliphatic carbocycles. The topological polar surface area (TPSA) is 147 Å². The van der Waals surface area contributed by atoms with Gasteiger partial charge in [-0.25, -0.2) is 8.42 Å². The molecule has 0 unspecified atom stereocenters. The fourth-order valence-electron chi connectivity index (χ4n) is 0. The van der Waals surface area contributed by atoms with E-state index in [-0.39, 0.29) is 59.1 Å². The second-order valence-electron chi connectivity index (χ2n) is 0.617. The van der Waals surface area contributed by atoms with Crippen molar-refractivity contribution < 1.29 is 101 Å². The summed E-state index contributed by atoms with van der Waals surface area (Å²) in [5, 5.41) is 0. The maximum absolute atomic E-state index is 8.63. The van der Waals surface area contributed by atoms with Gasteiger partial charge in [0.1, 0.15) is 0 Å². The number of rotatable bonds is 0. The van der Waals surface area contributed by atoms with Crippen molar-refractivity contribution in [1.82, 2.24) is 0 Å². The SMILES string of the molecule is O=S(=O)([O-])O.[Na+].[Na+].[O-][Cl+2]([O-])[O-]. The van der Waals surface area contributed by atoms with Crippen LogP contribution in [0.2, 0.25) is 0 Å². The first-order valence-electron chi connectivity index (χ1n) is 1.15. The Morgan fingerprint density at radius 1 is 1.09 bits per heavy atom. The molecule has 0 aromatic rings. The Bertz CT molecular complexity index is 128. The predicted octanol–water partition coefficient (Wildman–Crippen LogP) is -10.6. The van der Waals surface area contributed by atoms with Crippen molar-refractivity contribution in [3.63, 3.8) is 0 Å². The third-order valence-electron chi connectivity index (χ3n) is 0. The van der Waals surface area contributed by atoms with Gasteiger partial charge in [-0.05, 0) is 0 Å². The van der Waals surface area contributed by atoms with E-state index in [0.29, 0.717) is 0 Å². The normalized spacial score (nSPS) is 8.55. The van der Waals surface area contributed by atoms with Gasteiger partial charge < -0.3 is 18.5 Å². The zero-order chi connectivity index (χ0) is 8.08. The Hall–Kier alpha value is 2.04. The Labute approximate surface area is 110 Å². The maximum Gasteiger partial charge on any atom is 1.00 e. The van der Waals surface area contributed by atoms with Crippen LogP contribution in [0, 0.1) is 10.8 Å². The van der Waals surface area contributed by atoms with E-state index >= 15 is 0 Å². The second kappa shape index (κ2) is 12.0. The first-order chi connectivity index (χ1) is 3.73. The molecule has 11 heteroatoms. The molecule has 11 heavy (non-hydrogen) atoms. The van der Waals surface area contributed by atoms with Crippen molar-refractivity contribution in [1.29, 1.82) is 0 Å². The summed E-state index contributed by atoms with van der Waals surface area (Å²) in [5.74, 6) is 0. The van der Waals surface area contributed by atoms with E-state index < -0.39 is 21.2 Å². The van der Waals surface area contributed by atoms with Gasteiger partial charge in [-0.2, -0.15) is 0 Å². The minimum Gasteiger partial charge on any atom is -0.726 e. The molecule has 0 rings (SSSR count). The molecule has 0 fully saturated rings. The number of halogens is 1. The first-order valence-corrected chi connectivity index (χ1v) is 3.44. The van der Waals surface area contributed by atoms with Crippen molar-refractivity contribution in [2.24, 2.45) is 0 Å². The summed E-state index contributed by atoms with van der Waals surface area (Å²) in [7, 11) is -7.77. The summed E-state index contributed by atoms with van der Waals surface area (Å²) in [6.45, 7) is 0. The molecule has 0 spiro atoms. The van der Waals surface area contributed by atoms with E-state index in [0.717, 1.165) is 0 Å². The van der Waals surface area contributed by atoms with E-state index in [9.17, 15) is 0 Å². The van der Waals surface area contributed by atoms with Crippen molar-refractivity contribution in [2.45, 2.75) is 0 Å². The molecule has 58 valence electrons. The van der Waals surface area contributed by atoms with Gasteiger partial charge in [0.2, 0.25) is 10.4 Å². The summed E-state index contributed by atoms with van der Waals surface area (Å²) in [6.07, 6.45) is 0. The third kappa shape index (κ3) is 292. The van der Waals surface area contributed by atoms with Gasteiger partial charge >= 0.3 is 59.1 Å². The van der Waals surface area contributed by atoms with E-state index in [2.05, 4.69) is 0 Å². The quantitative estimate of drug-likeness (QED) is 0.245. The third-order valence-corrected chi connectivity index (χ3v) is 0. The Kier molecular flexibility index (Phi) is 25.3. The molecule has 0 radical (unpaired) electrons. The minimum absolute atomic E-state index is 0. The monoisotopic (exact) mass is 226 g/mol. The van der Waals surface area contributed by atoms with Crippen LogP contribution in [0.1, 0.15) is 0 Å². The summed E-state index contributed by atoms with van der Waals surface area (Å²) in [6, 6.07) is 0. The largest absolute Gasteiger partial charge is 1.00 e. The molecule has 0 saturated carbocycles. The maximum atomic E-state index is 8.63. The number of hydrogen-bond acceptors (Lipinski definition) is 6. The van der Waals surface area contributed by atoms with Crippen LogP contribution < -0.4 is 73.1 Å². The van der Waals surface area contributed by atoms with Crippen molar-refractivity contribution in [2.75, 3.05) is 0 Å². The zero-order valence-electron chi connectivity index (χ0n) is 5.68.